The van der Waals surface area contributed by atoms with E-state index in [2.05, 4.69) is 29.3 Å². The van der Waals surface area contributed by atoms with E-state index in [4.69, 9.17) is 0 Å². The molecule has 3 rings (SSSR count). The van der Waals surface area contributed by atoms with Crippen LogP contribution in [0.4, 0.5) is 0 Å². The number of carbonyl (C=O) groups is 1. The molecule has 0 radical (unpaired) electrons. The summed E-state index contributed by atoms with van der Waals surface area (Å²) in [5.41, 5.74) is 2.46. The number of nitrogens with zero attached hydrogens (tertiary/aromatic N) is 2. The van der Waals surface area contributed by atoms with E-state index in [1.165, 1.54) is 37.1 Å². The third-order valence-corrected chi connectivity index (χ3v) is 4.42. The molecule has 0 aromatic heterocycles. The molecule has 2 aliphatic heterocycles. The molecule has 20 heavy (non-hydrogen) atoms. The summed E-state index contributed by atoms with van der Waals surface area (Å²) in [7, 11) is 0. The number of hydrogen-bond donors (Lipinski definition) is 1. The molecule has 1 unspecified atom stereocenters. The van der Waals surface area contributed by atoms with Crippen LogP contribution in [0.15, 0.2) is 24.3 Å². The molecule has 1 atom stereocenters. The van der Waals surface area contributed by atoms with Crippen LogP contribution in [0.25, 0.3) is 0 Å². The summed E-state index contributed by atoms with van der Waals surface area (Å²) in [4.78, 5) is 16.6. The third kappa shape index (κ3) is 2.72. The van der Waals surface area contributed by atoms with Crippen molar-refractivity contribution in [3.8, 4) is 0 Å². The van der Waals surface area contributed by atoms with E-state index in [0.717, 1.165) is 13.1 Å². The zero-order chi connectivity index (χ0) is 13.9. The minimum Gasteiger partial charge on any atom is -0.321 e. The molecule has 1 amide bonds. The lowest BCUT2D eigenvalue weighted by atomic mass is 10.1. The van der Waals surface area contributed by atoms with Crippen molar-refractivity contribution in [2.75, 3.05) is 32.7 Å². The monoisotopic (exact) mass is 273 g/mol. The lowest BCUT2D eigenvalue weighted by Crippen LogP contribution is -2.37. The van der Waals surface area contributed by atoms with Gasteiger partial charge in [0.15, 0.2) is 0 Å². The van der Waals surface area contributed by atoms with E-state index in [0.29, 0.717) is 6.54 Å². The van der Waals surface area contributed by atoms with Gasteiger partial charge in [-0.25, -0.2) is 0 Å². The molecule has 4 heteroatoms. The van der Waals surface area contributed by atoms with Gasteiger partial charge in [0.1, 0.15) is 6.17 Å². The van der Waals surface area contributed by atoms with Gasteiger partial charge in [-0.1, -0.05) is 24.3 Å². The molecule has 2 aliphatic rings. The van der Waals surface area contributed by atoms with Gasteiger partial charge < -0.3 is 9.80 Å². The first-order valence-corrected chi connectivity index (χ1v) is 7.56. The number of carbonyl (C=O) groups excluding carboxylic acids is 1. The summed E-state index contributed by atoms with van der Waals surface area (Å²) in [6, 6.07) is 8.32. The number of nitrogens with one attached hydrogen (secondary N) is 1. The largest absolute Gasteiger partial charge is 0.321 e. The van der Waals surface area contributed by atoms with Crippen LogP contribution in [0.2, 0.25) is 0 Å². The Morgan fingerprint density at radius 3 is 2.70 bits per heavy atom. The topological polar surface area (TPSA) is 35.6 Å². The molecule has 0 bridgehead atoms. The first kappa shape index (κ1) is 13.6. The van der Waals surface area contributed by atoms with Crippen molar-refractivity contribution in [2.45, 2.75) is 25.9 Å². The molecule has 4 nitrogen and oxygen atoms in total. The number of aryl methyl sites for hydroxylation is 1. The van der Waals surface area contributed by atoms with Crippen LogP contribution >= 0.6 is 0 Å². The smallest absolute Gasteiger partial charge is 0.238 e. The Morgan fingerprint density at radius 2 is 1.95 bits per heavy atom. The summed E-state index contributed by atoms with van der Waals surface area (Å²) in [6.07, 6.45) is 2.65. The Hall–Kier alpha value is -1.39. The first-order valence-electron chi connectivity index (χ1n) is 7.56. The van der Waals surface area contributed by atoms with Crippen molar-refractivity contribution < 1.29 is 4.79 Å². The van der Waals surface area contributed by atoms with Crippen LogP contribution in [0.1, 0.15) is 30.1 Å². The maximum Gasteiger partial charge on any atom is 0.238 e. The molecule has 0 aliphatic carbocycles. The SMILES string of the molecule is Cc1ccccc1C1NCC(=O)N1CCN1CCCC1. The fourth-order valence-electron chi connectivity index (χ4n) is 3.22. The predicted octanol–water partition coefficient (Wildman–Crippen LogP) is 1.52. The summed E-state index contributed by atoms with van der Waals surface area (Å²) in [5.74, 6) is 0.220. The molecule has 0 saturated carbocycles. The number of hydrogen-bond acceptors (Lipinski definition) is 3. The minimum absolute atomic E-state index is 0.0475. The van der Waals surface area contributed by atoms with E-state index in [1.54, 1.807) is 0 Å². The normalized spacial score (nSPS) is 23.8. The van der Waals surface area contributed by atoms with E-state index in [9.17, 15) is 4.79 Å². The lowest BCUT2D eigenvalue weighted by molar-refractivity contribution is -0.128. The van der Waals surface area contributed by atoms with Crippen molar-refractivity contribution >= 4 is 5.91 Å². The van der Waals surface area contributed by atoms with Gasteiger partial charge in [0.05, 0.1) is 6.54 Å². The van der Waals surface area contributed by atoms with Crippen molar-refractivity contribution in [1.82, 2.24) is 15.1 Å². The third-order valence-electron chi connectivity index (χ3n) is 4.42. The summed E-state index contributed by atoms with van der Waals surface area (Å²) >= 11 is 0. The number of rotatable bonds is 4. The highest BCUT2D eigenvalue weighted by molar-refractivity contribution is 5.81. The standard InChI is InChI=1S/C16H23N3O/c1-13-6-2-3-7-14(13)16-17-12-15(20)19(16)11-10-18-8-4-5-9-18/h2-3,6-7,16-17H,4-5,8-12H2,1H3. The van der Waals surface area contributed by atoms with Crippen LogP contribution in [-0.4, -0.2) is 48.4 Å². The maximum atomic E-state index is 12.1. The quantitative estimate of drug-likeness (QED) is 0.903. The number of benzene rings is 1. The molecule has 1 N–H and O–H groups in total. The highest BCUT2D eigenvalue weighted by Crippen LogP contribution is 2.25. The van der Waals surface area contributed by atoms with Crippen molar-refractivity contribution in [3.05, 3.63) is 35.4 Å². The predicted molar refractivity (Wildman–Crippen MR) is 79.3 cm³/mol. The molecule has 1 aromatic rings. The maximum absolute atomic E-state index is 12.1. The Kier molecular flexibility index (Phi) is 4.03. The molecule has 108 valence electrons. The van der Waals surface area contributed by atoms with Crippen LogP contribution in [-0.2, 0) is 4.79 Å². The first-order chi connectivity index (χ1) is 9.75. The van der Waals surface area contributed by atoms with Gasteiger partial charge in [-0.15, -0.1) is 0 Å². The second-order valence-corrected chi connectivity index (χ2v) is 5.78. The van der Waals surface area contributed by atoms with Gasteiger partial charge >= 0.3 is 0 Å². The van der Waals surface area contributed by atoms with Crippen LogP contribution < -0.4 is 5.32 Å². The average Bonchev–Trinajstić information content (AvgIpc) is 3.07. The van der Waals surface area contributed by atoms with Gasteiger partial charge in [0.2, 0.25) is 5.91 Å². The molecular formula is C16H23N3O. The average molecular weight is 273 g/mol. The fraction of sp³-hybridized carbons (Fsp3) is 0.562. The fourth-order valence-corrected chi connectivity index (χ4v) is 3.22. The zero-order valence-electron chi connectivity index (χ0n) is 12.1. The molecule has 2 fully saturated rings. The van der Waals surface area contributed by atoms with Gasteiger partial charge in [-0.05, 0) is 44.0 Å². The molecule has 1 aromatic carbocycles. The summed E-state index contributed by atoms with van der Waals surface area (Å²) < 4.78 is 0. The van der Waals surface area contributed by atoms with Crippen molar-refractivity contribution in [2.24, 2.45) is 0 Å². The van der Waals surface area contributed by atoms with E-state index in [-0.39, 0.29) is 12.1 Å². The number of amides is 1. The lowest BCUT2D eigenvalue weighted by Gasteiger charge is -2.27. The van der Waals surface area contributed by atoms with E-state index >= 15 is 0 Å². The second kappa shape index (κ2) is 5.94. The molecule has 0 spiro atoms. The van der Waals surface area contributed by atoms with Gasteiger partial charge in [-0.3, -0.25) is 10.1 Å². The van der Waals surface area contributed by atoms with Crippen molar-refractivity contribution in [1.29, 1.82) is 0 Å². The Labute approximate surface area is 120 Å². The van der Waals surface area contributed by atoms with Crippen LogP contribution in [0, 0.1) is 6.92 Å². The Morgan fingerprint density at radius 1 is 1.20 bits per heavy atom. The van der Waals surface area contributed by atoms with Gasteiger partial charge in [0, 0.05) is 13.1 Å². The summed E-state index contributed by atoms with van der Waals surface area (Å²) in [6.45, 7) is 6.76. The highest BCUT2D eigenvalue weighted by atomic mass is 16.2. The van der Waals surface area contributed by atoms with Crippen molar-refractivity contribution in [3.63, 3.8) is 0 Å². The summed E-state index contributed by atoms with van der Waals surface area (Å²) in [5, 5.41) is 3.35. The van der Waals surface area contributed by atoms with E-state index in [1.807, 2.05) is 17.0 Å². The van der Waals surface area contributed by atoms with Crippen LogP contribution in [0.5, 0.6) is 0 Å². The van der Waals surface area contributed by atoms with Crippen LogP contribution in [0.3, 0.4) is 0 Å². The Bertz CT molecular complexity index is 482. The zero-order valence-corrected chi connectivity index (χ0v) is 12.1. The van der Waals surface area contributed by atoms with Gasteiger partial charge in [-0.2, -0.15) is 0 Å². The number of likely N-dealkylation sites (tertiary alicyclic amines) is 1. The minimum atomic E-state index is 0.0475. The molecule has 2 heterocycles. The van der Waals surface area contributed by atoms with Gasteiger partial charge in [0.25, 0.3) is 0 Å². The van der Waals surface area contributed by atoms with E-state index < -0.39 is 0 Å². The Balaban J connectivity index is 1.70. The molecular weight excluding hydrogens is 250 g/mol. The second-order valence-electron chi connectivity index (χ2n) is 5.78. The molecule has 2 saturated heterocycles. The highest BCUT2D eigenvalue weighted by Gasteiger charge is 2.32.